The summed E-state index contributed by atoms with van der Waals surface area (Å²) in [6.45, 7) is 30.4. The molecular formula is C29H34F4O. The van der Waals surface area contributed by atoms with E-state index in [4.69, 9.17) is 4.74 Å². The van der Waals surface area contributed by atoms with Gasteiger partial charge in [-0.15, -0.1) is 6.58 Å². The highest BCUT2D eigenvalue weighted by molar-refractivity contribution is 5.55. The van der Waals surface area contributed by atoms with E-state index in [1.54, 1.807) is 19.1 Å². The second-order valence-electron chi connectivity index (χ2n) is 7.94. The summed E-state index contributed by atoms with van der Waals surface area (Å²) >= 11 is 0. The molecule has 1 nitrogen and oxygen atoms in total. The first-order chi connectivity index (χ1) is 15.8. The molecule has 0 saturated carbocycles. The van der Waals surface area contributed by atoms with Crippen LogP contribution in [-0.2, 0) is 4.74 Å². The Bertz CT molecular complexity index is 997. The third-order valence-corrected chi connectivity index (χ3v) is 4.66. The van der Waals surface area contributed by atoms with Gasteiger partial charge in [0.25, 0.3) is 0 Å². The Hall–Kier alpha value is -3.34. The summed E-state index contributed by atoms with van der Waals surface area (Å²) < 4.78 is 62.7. The first-order valence-corrected chi connectivity index (χ1v) is 10.6. The minimum atomic E-state index is -1.32. The second kappa shape index (κ2) is 14.7. The van der Waals surface area contributed by atoms with Crippen molar-refractivity contribution in [2.75, 3.05) is 6.61 Å². The van der Waals surface area contributed by atoms with Gasteiger partial charge in [0.05, 0.1) is 6.61 Å². The molecule has 0 unspecified atom stereocenters. The molecule has 0 fully saturated rings. The summed E-state index contributed by atoms with van der Waals surface area (Å²) in [5.74, 6) is -5.12. The van der Waals surface area contributed by atoms with E-state index in [0.717, 1.165) is 0 Å². The fraction of sp³-hybridized carbons (Fsp3) is 0.241. The van der Waals surface area contributed by atoms with E-state index in [1.165, 1.54) is 12.2 Å². The van der Waals surface area contributed by atoms with Gasteiger partial charge in [0.15, 0.2) is 23.2 Å². The molecule has 0 aromatic rings. The van der Waals surface area contributed by atoms with E-state index in [0.29, 0.717) is 24.3 Å². The molecular weight excluding hydrogens is 440 g/mol. The molecule has 0 radical (unpaired) electrons. The van der Waals surface area contributed by atoms with Crippen LogP contribution in [0.4, 0.5) is 17.6 Å². The number of rotatable bonds is 15. The molecule has 0 aliphatic heterocycles. The number of ether oxygens (including phenoxy) is 1. The normalized spacial score (nSPS) is 13.2. The monoisotopic (exact) mass is 474 g/mol. The lowest BCUT2D eigenvalue weighted by molar-refractivity contribution is 0.213. The summed E-state index contributed by atoms with van der Waals surface area (Å²) in [7, 11) is 0. The lowest BCUT2D eigenvalue weighted by Crippen LogP contribution is -1.97. The van der Waals surface area contributed by atoms with Gasteiger partial charge >= 0.3 is 0 Å². The smallest absolute Gasteiger partial charge is 0.200 e. The highest BCUT2D eigenvalue weighted by Gasteiger charge is 2.17. The molecule has 0 heterocycles. The van der Waals surface area contributed by atoms with E-state index < -0.39 is 29.1 Å². The van der Waals surface area contributed by atoms with Crippen LogP contribution in [0.25, 0.3) is 0 Å². The second-order valence-corrected chi connectivity index (χ2v) is 7.94. The number of hydrogen-bond donors (Lipinski definition) is 0. The highest BCUT2D eigenvalue weighted by atomic mass is 19.2. The Kier molecular flexibility index (Phi) is 13.3. The van der Waals surface area contributed by atoms with Gasteiger partial charge in [-0.1, -0.05) is 77.6 Å². The molecule has 0 amide bonds. The van der Waals surface area contributed by atoms with E-state index in [2.05, 4.69) is 46.1 Å². The third kappa shape index (κ3) is 9.65. The first kappa shape index (κ1) is 30.7. The quantitative estimate of drug-likeness (QED) is 0.0754. The van der Waals surface area contributed by atoms with Crippen LogP contribution in [0.2, 0.25) is 0 Å². The molecule has 0 aliphatic carbocycles. The Morgan fingerprint density at radius 1 is 0.765 bits per heavy atom. The van der Waals surface area contributed by atoms with Crippen molar-refractivity contribution in [3.63, 3.8) is 0 Å². The van der Waals surface area contributed by atoms with Gasteiger partial charge in [-0.05, 0) is 42.4 Å². The first-order valence-electron chi connectivity index (χ1n) is 10.6. The van der Waals surface area contributed by atoms with Crippen LogP contribution in [0, 0.1) is 5.92 Å². The van der Waals surface area contributed by atoms with Crippen LogP contribution in [0.5, 0.6) is 0 Å². The molecule has 0 rings (SSSR count). The molecule has 34 heavy (non-hydrogen) atoms. The van der Waals surface area contributed by atoms with Gasteiger partial charge < -0.3 is 4.74 Å². The predicted molar refractivity (Wildman–Crippen MR) is 136 cm³/mol. The summed E-state index contributed by atoms with van der Waals surface area (Å²) in [5, 5.41) is 0. The molecule has 0 N–H and O–H groups in total. The standard InChI is InChI=1S/C29H34F4O/c1-11-12-17-34-25(10)29(33)28(32)24(9)21(6)16-15-20(5)23(8)27(31)26(30)22(7)19(4)14-13-18(2)3/h11,14-16,18H,1,5-10,12-13,17H2,2-4H3/b16-15-,19-14+,27-26-,29-28-. The van der Waals surface area contributed by atoms with Crippen molar-refractivity contribution in [3.05, 3.63) is 133 Å². The van der Waals surface area contributed by atoms with Gasteiger partial charge in [-0.2, -0.15) is 4.39 Å². The summed E-state index contributed by atoms with van der Waals surface area (Å²) in [6.07, 6.45) is 6.95. The highest BCUT2D eigenvalue weighted by Crippen LogP contribution is 2.31. The maximum absolute atomic E-state index is 14.6. The fourth-order valence-corrected chi connectivity index (χ4v) is 2.24. The van der Waals surface area contributed by atoms with Crippen molar-refractivity contribution in [1.82, 2.24) is 0 Å². The zero-order valence-electron chi connectivity index (χ0n) is 20.4. The van der Waals surface area contributed by atoms with E-state index in [9.17, 15) is 17.6 Å². The molecule has 0 saturated heterocycles. The van der Waals surface area contributed by atoms with Gasteiger partial charge in [-0.25, -0.2) is 13.2 Å². The van der Waals surface area contributed by atoms with E-state index in [1.807, 2.05) is 13.8 Å². The van der Waals surface area contributed by atoms with Crippen molar-refractivity contribution in [1.29, 1.82) is 0 Å². The lowest BCUT2D eigenvalue weighted by Gasteiger charge is -2.10. The van der Waals surface area contributed by atoms with Crippen molar-refractivity contribution >= 4 is 0 Å². The summed E-state index contributed by atoms with van der Waals surface area (Å²) in [5.41, 5.74) is -0.299. The van der Waals surface area contributed by atoms with Gasteiger partial charge in [0.1, 0.15) is 0 Å². The Labute approximate surface area is 201 Å². The SMILES string of the molecule is C=CCCOC(=C)/C(F)=C(/F)C(=C)C(=C)/C=C\C(=C)C(=C)/C(F)=C(/F)C(=C)/C(C)=C/CC(C)C. The molecule has 0 atom stereocenters. The molecule has 5 heteroatoms. The van der Waals surface area contributed by atoms with Crippen LogP contribution < -0.4 is 0 Å². The van der Waals surface area contributed by atoms with E-state index >= 15 is 0 Å². The predicted octanol–water partition coefficient (Wildman–Crippen LogP) is 9.72. The zero-order chi connectivity index (χ0) is 26.6. The maximum Gasteiger partial charge on any atom is 0.200 e. The Morgan fingerprint density at radius 3 is 1.65 bits per heavy atom. The molecule has 0 aromatic heterocycles. The average Bonchev–Trinajstić information content (AvgIpc) is 2.81. The molecule has 0 spiro atoms. The van der Waals surface area contributed by atoms with Crippen molar-refractivity contribution in [3.8, 4) is 0 Å². The summed E-state index contributed by atoms with van der Waals surface area (Å²) in [4.78, 5) is 0. The van der Waals surface area contributed by atoms with Crippen LogP contribution in [0.15, 0.2) is 133 Å². The van der Waals surface area contributed by atoms with Crippen LogP contribution in [-0.4, -0.2) is 6.61 Å². The topological polar surface area (TPSA) is 9.23 Å². The van der Waals surface area contributed by atoms with Gasteiger partial charge in [0, 0.05) is 16.7 Å². The molecule has 0 aliphatic rings. The Balaban J connectivity index is 5.42. The van der Waals surface area contributed by atoms with Crippen molar-refractivity contribution < 1.29 is 22.3 Å². The largest absolute Gasteiger partial charge is 0.491 e. The molecule has 0 aromatic carbocycles. The van der Waals surface area contributed by atoms with Gasteiger partial charge in [0.2, 0.25) is 5.83 Å². The van der Waals surface area contributed by atoms with Crippen LogP contribution >= 0.6 is 0 Å². The number of allylic oxidation sites excluding steroid dienone is 13. The minimum absolute atomic E-state index is 0.000223. The van der Waals surface area contributed by atoms with Crippen molar-refractivity contribution in [2.45, 2.75) is 33.6 Å². The average molecular weight is 475 g/mol. The maximum atomic E-state index is 14.6. The van der Waals surface area contributed by atoms with E-state index in [-0.39, 0.29) is 34.5 Å². The zero-order valence-corrected chi connectivity index (χ0v) is 20.4. The van der Waals surface area contributed by atoms with Crippen LogP contribution in [0.3, 0.4) is 0 Å². The fourth-order valence-electron chi connectivity index (χ4n) is 2.24. The Morgan fingerprint density at radius 2 is 1.21 bits per heavy atom. The molecule has 184 valence electrons. The van der Waals surface area contributed by atoms with Gasteiger partial charge in [-0.3, -0.25) is 0 Å². The van der Waals surface area contributed by atoms with Crippen molar-refractivity contribution in [2.24, 2.45) is 5.92 Å². The third-order valence-electron chi connectivity index (χ3n) is 4.66. The minimum Gasteiger partial charge on any atom is -0.491 e. The lowest BCUT2D eigenvalue weighted by atomic mass is 9.99. The number of halogens is 4. The number of hydrogen-bond acceptors (Lipinski definition) is 1. The van der Waals surface area contributed by atoms with Crippen LogP contribution in [0.1, 0.15) is 33.6 Å². The molecule has 0 bridgehead atoms. The summed E-state index contributed by atoms with van der Waals surface area (Å²) in [6, 6.07) is 0.